The second-order valence-electron chi connectivity index (χ2n) is 6.17. The summed E-state index contributed by atoms with van der Waals surface area (Å²) < 4.78 is 46.6. The molecule has 28 heavy (non-hydrogen) atoms. The molecule has 2 N–H and O–H groups in total. The first kappa shape index (κ1) is 19.6. The van der Waals surface area contributed by atoms with Crippen molar-refractivity contribution in [3.8, 4) is 11.4 Å². The number of aromatic nitrogens is 2. The van der Waals surface area contributed by atoms with Crippen LogP contribution >= 0.6 is 0 Å². The molecule has 148 valence electrons. The van der Waals surface area contributed by atoms with E-state index in [9.17, 15) is 18.0 Å². The zero-order valence-electron chi connectivity index (χ0n) is 14.9. The van der Waals surface area contributed by atoms with Crippen molar-refractivity contribution in [2.24, 2.45) is 16.6 Å². The Morgan fingerprint density at radius 1 is 1.36 bits per heavy atom. The average Bonchev–Trinajstić information content (AvgIpc) is 3.38. The number of hydrogen-bond acceptors (Lipinski definition) is 7. The molecule has 1 aromatic carbocycles. The lowest BCUT2D eigenvalue weighted by atomic mass is 10.1. The van der Waals surface area contributed by atoms with E-state index in [-0.39, 0.29) is 23.9 Å². The smallest absolute Gasteiger partial charge is 0.465 e. The van der Waals surface area contributed by atoms with E-state index < -0.39 is 18.0 Å². The third kappa shape index (κ3) is 4.38. The highest BCUT2D eigenvalue weighted by Gasteiger charge is 2.38. The van der Waals surface area contributed by atoms with Crippen LogP contribution in [0.4, 0.5) is 13.2 Å². The number of esters is 1. The number of hydrogen-bond donors (Lipinski definition) is 1. The van der Waals surface area contributed by atoms with Gasteiger partial charge >= 0.3 is 18.0 Å². The Morgan fingerprint density at radius 3 is 2.54 bits per heavy atom. The van der Waals surface area contributed by atoms with E-state index in [0.29, 0.717) is 11.3 Å². The van der Waals surface area contributed by atoms with Crippen LogP contribution in [0.3, 0.4) is 0 Å². The predicted molar refractivity (Wildman–Crippen MR) is 92.9 cm³/mol. The Labute approximate surface area is 158 Å². The molecule has 0 radical (unpaired) electrons. The SMILES string of the molecule is COC(=O)C(=CN)C(=NCc1ccc(-c2noc(C(F)(F)F)n2)cc1)C1CC1. The topological polar surface area (TPSA) is 104 Å². The van der Waals surface area contributed by atoms with Gasteiger partial charge in [-0.05, 0) is 18.4 Å². The number of nitrogens with zero attached hydrogens (tertiary/aromatic N) is 3. The van der Waals surface area contributed by atoms with Crippen LogP contribution in [0, 0.1) is 5.92 Å². The molecular formula is C18H17F3N4O3. The number of halogens is 3. The number of ether oxygens (including phenoxy) is 1. The van der Waals surface area contributed by atoms with Crippen LogP contribution in [-0.2, 0) is 22.3 Å². The Balaban J connectivity index is 1.75. The predicted octanol–water partition coefficient (Wildman–Crippen LogP) is 3.12. The van der Waals surface area contributed by atoms with Gasteiger partial charge in [-0.3, -0.25) is 4.99 Å². The first-order valence-electron chi connectivity index (χ1n) is 8.38. The molecule has 0 unspecified atom stereocenters. The number of alkyl halides is 3. The number of carbonyl (C=O) groups excluding carboxylic acids is 1. The number of methoxy groups -OCH3 is 1. The van der Waals surface area contributed by atoms with Crippen molar-refractivity contribution < 1.29 is 27.2 Å². The van der Waals surface area contributed by atoms with Crippen molar-refractivity contribution in [1.82, 2.24) is 10.1 Å². The number of benzene rings is 1. The molecule has 10 heteroatoms. The second-order valence-corrected chi connectivity index (χ2v) is 6.17. The minimum absolute atomic E-state index is 0.153. The first-order valence-corrected chi connectivity index (χ1v) is 8.38. The molecule has 1 aromatic heterocycles. The molecule has 1 fully saturated rings. The molecule has 1 aliphatic carbocycles. The average molecular weight is 394 g/mol. The first-order chi connectivity index (χ1) is 13.3. The van der Waals surface area contributed by atoms with Crippen molar-refractivity contribution >= 4 is 11.7 Å². The van der Waals surface area contributed by atoms with Crippen LogP contribution in [0.25, 0.3) is 11.4 Å². The third-order valence-electron chi connectivity index (χ3n) is 4.12. The minimum Gasteiger partial charge on any atom is -0.465 e. The lowest BCUT2D eigenvalue weighted by Crippen LogP contribution is -2.18. The summed E-state index contributed by atoms with van der Waals surface area (Å²) in [6.45, 7) is 0.278. The van der Waals surface area contributed by atoms with Crippen LogP contribution in [0.5, 0.6) is 0 Å². The van der Waals surface area contributed by atoms with Gasteiger partial charge in [0, 0.05) is 17.7 Å². The molecule has 0 spiro atoms. The summed E-state index contributed by atoms with van der Waals surface area (Å²) in [4.78, 5) is 19.7. The van der Waals surface area contributed by atoms with Crippen LogP contribution in [0.2, 0.25) is 0 Å². The molecular weight excluding hydrogens is 377 g/mol. The number of carbonyl (C=O) groups is 1. The number of nitrogens with two attached hydrogens (primary N) is 1. The summed E-state index contributed by atoms with van der Waals surface area (Å²) in [6.07, 6.45) is -1.65. The largest absolute Gasteiger partial charge is 0.471 e. The molecule has 3 rings (SSSR count). The van der Waals surface area contributed by atoms with Crippen molar-refractivity contribution in [3.05, 3.63) is 47.5 Å². The third-order valence-corrected chi connectivity index (χ3v) is 4.12. The van der Waals surface area contributed by atoms with E-state index in [1.807, 2.05) is 0 Å². The van der Waals surface area contributed by atoms with Gasteiger partial charge in [-0.25, -0.2) is 4.79 Å². The van der Waals surface area contributed by atoms with Crippen LogP contribution < -0.4 is 5.73 Å². The van der Waals surface area contributed by atoms with Crippen LogP contribution in [-0.4, -0.2) is 28.9 Å². The summed E-state index contributed by atoms with van der Waals surface area (Å²) in [7, 11) is 1.28. The second kappa shape index (κ2) is 7.83. The Morgan fingerprint density at radius 2 is 2.04 bits per heavy atom. The number of aliphatic imine (C=N–C) groups is 1. The van der Waals surface area contributed by atoms with E-state index in [1.54, 1.807) is 24.3 Å². The molecule has 1 aliphatic rings. The van der Waals surface area contributed by atoms with E-state index in [2.05, 4.69) is 19.7 Å². The number of rotatable bonds is 6. The van der Waals surface area contributed by atoms with Crippen LogP contribution in [0.1, 0.15) is 24.3 Å². The van der Waals surface area contributed by atoms with Crippen molar-refractivity contribution in [2.45, 2.75) is 25.6 Å². The molecule has 1 saturated carbocycles. The van der Waals surface area contributed by atoms with Gasteiger partial charge in [0.2, 0.25) is 5.82 Å². The van der Waals surface area contributed by atoms with Gasteiger partial charge in [0.05, 0.1) is 24.9 Å². The van der Waals surface area contributed by atoms with Crippen molar-refractivity contribution in [1.29, 1.82) is 0 Å². The van der Waals surface area contributed by atoms with Gasteiger partial charge in [-0.1, -0.05) is 29.4 Å². The van der Waals surface area contributed by atoms with Crippen molar-refractivity contribution in [2.75, 3.05) is 7.11 Å². The van der Waals surface area contributed by atoms with E-state index in [4.69, 9.17) is 10.5 Å². The minimum atomic E-state index is -4.69. The highest BCUT2D eigenvalue weighted by molar-refractivity contribution is 6.21. The molecule has 7 nitrogen and oxygen atoms in total. The Kier molecular flexibility index (Phi) is 5.48. The summed E-state index contributed by atoms with van der Waals surface area (Å²) in [5.74, 6) is -1.91. The van der Waals surface area contributed by atoms with E-state index in [0.717, 1.165) is 18.4 Å². The maximum atomic E-state index is 12.5. The standard InChI is InChI=1S/C18H17F3N4O3/c1-27-16(26)13(8-22)14(11-6-7-11)23-9-10-2-4-12(5-3-10)15-24-17(28-25-15)18(19,20)21/h2-5,8,11H,6-7,9,22H2,1H3. The van der Waals surface area contributed by atoms with Gasteiger partial charge in [0.25, 0.3) is 0 Å². The quantitative estimate of drug-likeness (QED) is 0.459. The zero-order chi connectivity index (χ0) is 20.3. The van der Waals surface area contributed by atoms with Gasteiger partial charge in [0.15, 0.2) is 0 Å². The fourth-order valence-corrected chi connectivity index (χ4v) is 2.55. The molecule has 2 aromatic rings. The highest BCUT2D eigenvalue weighted by atomic mass is 19.4. The van der Waals surface area contributed by atoms with Gasteiger partial charge in [-0.15, -0.1) is 0 Å². The van der Waals surface area contributed by atoms with Crippen LogP contribution in [0.15, 0.2) is 45.6 Å². The van der Waals surface area contributed by atoms with Gasteiger partial charge in [0.1, 0.15) is 0 Å². The summed E-state index contributed by atoms with van der Waals surface area (Å²) in [5, 5.41) is 3.34. The highest BCUT2D eigenvalue weighted by Crippen LogP contribution is 2.34. The zero-order valence-corrected chi connectivity index (χ0v) is 14.9. The van der Waals surface area contributed by atoms with E-state index in [1.165, 1.54) is 13.3 Å². The fourth-order valence-electron chi connectivity index (χ4n) is 2.55. The lowest BCUT2D eigenvalue weighted by molar-refractivity contribution is -0.159. The molecule has 0 atom stereocenters. The summed E-state index contributed by atoms with van der Waals surface area (Å²) in [6, 6.07) is 6.53. The fraction of sp³-hybridized carbons (Fsp3) is 0.333. The van der Waals surface area contributed by atoms with Gasteiger partial charge < -0.3 is 15.0 Å². The molecule has 0 bridgehead atoms. The maximum absolute atomic E-state index is 12.5. The Hall–Kier alpha value is -3.17. The molecule has 0 saturated heterocycles. The molecule has 0 amide bonds. The summed E-state index contributed by atoms with van der Waals surface area (Å²) >= 11 is 0. The normalized spacial score (nSPS) is 15.6. The monoisotopic (exact) mass is 394 g/mol. The van der Waals surface area contributed by atoms with E-state index >= 15 is 0 Å². The Bertz CT molecular complexity index is 913. The lowest BCUT2D eigenvalue weighted by Gasteiger charge is -2.08. The van der Waals surface area contributed by atoms with Gasteiger partial charge in [-0.2, -0.15) is 18.2 Å². The molecule has 1 heterocycles. The molecule has 0 aliphatic heterocycles. The summed E-state index contributed by atoms with van der Waals surface area (Å²) in [5.41, 5.74) is 7.58. The maximum Gasteiger partial charge on any atom is 0.471 e. The van der Waals surface area contributed by atoms with Crippen molar-refractivity contribution in [3.63, 3.8) is 0 Å².